The first-order valence-corrected chi connectivity index (χ1v) is 9.00. The lowest BCUT2D eigenvalue weighted by Gasteiger charge is -2.20. The molecule has 1 fully saturated rings. The van der Waals surface area contributed by atoms with E-state index in [-0.39, 0.29) is 30.6 Å². The van der Waals surface area contributed by atoms with E-state index in [1.165, 1.54) is 28.9 Å². The molecule has 1 aromatic carbocycles. The minimum absolute atomic E-state index is 0.195. The summed E-state index contributed by atoms with van der Waals surface area (Å²) in [6.07, 6.45) is -1.10. The molecule has 0 radical (unpaired) electrons. The number of amides is 3. The Morgan fingerprint density at radius 1 is 1.43 bits per heavy atom. The van der Waals surface area contributed by atoms with Crippen LogP contribution in [0.3, 0.4) is 0 Å². The highest BCUT2D eigenvalue weighted by Gasteiger charge is 2.32. The molecule has 0 bridgehead atoms. The number of carbonyl (C=O) groups excluding carboxylic acids is 3. The first-order valence-electron chi connectivity index (χ1n) is 9.00. The summed E-state index contributed by atoms with van der Waals surface area (Å²) >= 11 is 0. The standard InChI is InChI=1S/C18H25FN4O5/c1-3-22(17(26)11-24)7-6-20-16-5-4-13(8-15(16)19)23-10-14(28-18(23)27)9-21-12(2)25/h4-5,8,14,20,24H,3,6-7,9-11H2,1-2H3,(H,21,25)/t14-/m0/s1. The molecule has 3 amide bonds. The highest BCUT2D eigenvalue weighted by atomic mass is 19.1. The average molecular weight is 396 g/mol. The number of nitrogens with one attached hydrogen (secondary N) is 2. The van der Waals surface area contributed by atoms with Gasteiger partial charge in [0.1, 0.15) is 18.5 Å². The van der Waals surface area contributed by atoms with Gasteiger partial charge in [0.25, 0.3) is 0 Å². The number of hydrogen-bond acceptors (Lipinski definition) is 6. The normalized spacial score (nSPS) is 15.9. The zero-order valence-electron chi connectivity index (χ0n) is 15.9. The number of likely N-dealkylation sites (N-methyl/N-ethyl adjacent to an activating group) is 1. The molecule has 0 aliphatic carbocycles. The number of cyclic esters (lactones) is 1. The minimum Gasteiger partial charge on any atom is -0.442 e. The molecule has 0 aromatic heterocycles. The van der Waals surface area contributed by atoms with Crippen LogP contribution in [0.2, 0.25) is 0 Å². The van der Waals surface area contributed by atoms with Gasteiger partial charge < -0.3 is 25.4 Å². The maximum atomic E-state index is 14.4. The molecular formula is C18H25FN4O5. The number of benzene rings is 1. The molecule has 28 heavy (non-hydrogen) atoms. The van der Waals surface area contributed by atoms with E-state index in [0.29, 0.717) is 25.3 Å². The number of carbonyl (C=O) groups is 3. The summed E-state index contributed by atoms with van der Waals surface area (Å²) in [6, 6.07) is 4.31. The fourth-order valence-electron chi connectivity index (χ4n) is 2.80. The van der Waals surface area contributed by atoms with Crippen LogP contribution in [0.1, 0.15) is 13.8 Å². The van der Waals surface area contributed by atoms with E-state index in [1.807, 2.05) is 0 Å². The van der Waals surface area contributed by atoms with E-state index in [0.717, 1.165) is 0 Å². The lowest BCUT2D eigenvalue weighted by atomic mass is 10.2. The van der Waals surface area contributed by atoms with Crippen molar-refractivity contribution in [1.82, 2.24) is 10.2 Å². The van der Waals surface area contributed by atoms with Crippen molar-refractivity contribution in [3.63, 3.8) is 0 Å². The van der Waals surface area contributed by atoms with Crippen molar-refractivity contribution in [3.05, 3.63) is 24.0 Å². The van der Waals surface area contributed by atoms with Gasteiger partial charge in [-0.3, -0.25) is 14.5 Å². The molecule has 1 aliphatic heterocycles. The Morgan fingerprint density at radius 2 is 2.18 bits per heavy atom. The summed E-state index contributed by atoms with van der Waals surface area (Å²) in [5.41, 5.74) is 0.586. The Balaban J connectivity index is 1.94. The number of nitrogens with zero attached hydrogens (tertiary/aromatic N) is 2. The summed E-state index contributed by atoms with van der Waals surface area (Å²) in [7, 11) is 0. The fraction of sp³-hybridized carbons (Fsp3) is 0.500. The van der Waals surface area contributed by atoms with Gasteiger partial charge in [-0.2, -0.15) is 0 Å². The van der Waals surface area contributed by atoms with Crippen molar-refractivity contribution in [2.45, 2.75) is 20.0 Å². The van der Waals surface area contributed by atoms with Gasteiger partial charge >= 0.3 is 6.09 Å². The van der Waals surface area contributed by atoms with Crippen molar-refractivity contribution in [2.75, 3.05) is 49.5 Å². The number of rotatable bonds is 9. The van der Waals surface area contributed by atoms with Crippen molar-refractivity contribution < 1.29 is 28.6 Å². The average Bonchev–Trinajstić information content (AvgIpc) is 3.04. The van der Waals surface area contributed by atoms with Crippen LogP contribution in [-0.4, -0.2) is 73.3 Å². The molecule has 1 saturated heterocycles. The molecule has 1 aromatic rings. The predicted octanol–water partition coefficient (Wildman–Crippen LogP) is 0.540. The monoisotopic (exact) mass is 396 g/mol. The van der Waals surface area contributed by atoms with Crippen LogP contribution in [-0.2, 0) is 14.3 Å². The van der Waals surface area contributed by atoms with Gasteiger partial charge in [0.05, 0.1) is 24.5 Å². The summed E-state index contributed by atoms with van der Waals surface area (Å²) in [4.78, 5) is 37.2. The molecule has 0 saturated carbocycles. The molecule has 154 valence electrons. The second-order valence-electron chi connectivity index (χ2n) is 6.28. The van der Waals surface area contributed by atoms with Crippen molar-refractivity contribution in [2.24, 2.45) is 0 Å². The summed E-state index contributed by atoms with van der Waals surface area (Å²) in [5, 5.41) is 14.4. The summed E-state index contributed by atoms with van der Waals surface area (Å²) < 4.78 is 19.6. The van der Waals surface area contributed by atoms with Gasteiger partial charge in [0, 0.05) is 26.6 Å². The molecule has 2 rings (SSSR count). The molecule has 1 atom stereocenters. The second kappa shape index (κ2) is 9.88. The summed E-state index contributed by atoms with van der Waals surface area (Å²) in [6.45, 7) is 4.07. The van der Waals surface area contributed by atoms with Crippen LogP contribution in [0.15, 0.2) is 18.2 Å². The minimum atomic E-state index is -0.600. The zero-order valence-corrected chi connectivity index (χ0v) is 15.9. The zero-order chi connectivity index (χ0) is 20.7. The third-order valence-corrected chi connectivity index (χ3v) is 4.28. The molecule has 0 spiro atoms. The van der Waals surface area contributed by atoms with Gasteiger partial charge in [-0.25, -0.2) is 9.18 Å². The van der Waals surface area contributed by atoms with E-state index in [4.69, 9.17) is 9.84 Å². The van der Waals surface area contributed by atoms with Crippen LogP contribution in [0.25, 0.3) is 0 Å². The Hall–Kier alpha value is -2.88. The van der Waals surface area contributed by atoms with Crippen LogP contribution < -0.4 is 15.5 Å². The van der Waals surface area contributed by atoms with Crippen molar-refractivity contribution >= 4 is 29.3 Å². The number of aliphatic hydroxyl groups excluding tert-OH is 1. The molecular weight excluding hydrogens is 371 g/mol. The Kier molecular flexibility index (Phi) is 7.56. The maximum absolute atomic E-state index is 14.4. The smallest absolute Gasteiger partial charge is 0.414 e. The number of aliphatic hydroxyl groups is 1. The van der Waals surface area contributed by atoms with E-state index in [2.05, 4.69) is 10.6 Å². The van der Waals surface area contributed by atoms with Gasteiger partial charge in [0.15, 0.2) is 0 Å². The fourth-order valence-corrected chi connectivity index (χ4v) is 2.80. The third-order valence-electron chi connectivity index (χ3n) is 4.28. The maximum Gasteiger partial charge on any atom is 0.414 e. The van der Waals surface area contributed by atoms with Gasteiger partial charge in [-0.1, -0.05) is 0 Å². The molecule has 0 unspecified atom stereocenters. The predicted molar refractivity (Wildman–Crippen MR) is 101 cm³/mol. The van der Waals surface area contributed by atoms with E-state index in [9.17, 15) is 18.8 Å². The van der Waals surface area contributed by atoms with Crippen molar-refractivity contribution in [3.8, 4) is 0 Å². The summed E-state index contributed by atoms with van der Waals surface area (Å²) in [5.74, 6) is -1.16. The third kappa shape index (κ3) is 5.56. The molecule has 10 heteroatoms. The second-order valence-corrected chi connectivity index (χ2v) is 6.28. The Morgan fingerprint density at radius 3 is 2.79 bits per heavy atom. The number of anilines is 2. The van der Waals surface area contributed by atoms with Gasteiger partial charge in [-0.05, 0) is 25.1 Å². The number of halogens is 1. The Bertz CT molecular complexity index is 730. The topological polar surface area (TPSA) is 111 Å². The number of ether oxygens (including phenoxy) is 1. The lowest BCUT2D eigenvalue weighted by molar-refractivity contribution is -0.133. The Labute approximate surface area is 162 Å². The SMILES string of the molecule is CCN(CCNc1ccc(N2C[C@H](CNC(C)=O)OC2=O)cc1F)C(=O)CO. The van der Waals surface area contributed by atoms with E-state index < -0.39 is 24.6 Å². The van der Waals surface area contributed by atoms with Crippen LogP contribution in [0.5, 0.6) is 0 Å². The van der Waals surface area contributed by atoms with Crippen LogP contribution in [0.4, 0.5) is 20.6 Å². The highest BCUT2D eigenvalue weighted by molar-refractivity contribution is 5.90. The first-order chi connectivity index (χ1) is 13.3. The largest absolute Gasteiger partial charge is 0.442 e. The molecule has 1 aliphatic rings. The van der Waals surface area contributed by atoms with Crippen molar-refractivity contribution in [1.29, 1.82) is 0 Å². The van der Waals surface area contributed by atoms with Crippen LogP contribution >= 0.6 is 0 Å². The molecule has 3 N–H and O–H groups in total. The molecule has 9 nitrogen and oxygen atoms in total. The van der Waals surface area contributed by atoms with E-state index in [1.54, 1.807) is 13.0 Å². The number of hydrogen-bond donors (Lipinski definition) is 3. The van der Waals surface area contributed by atoms with Gasteiger partial charge in [0.2, 0.25) is 11.8 Å². The lowest BCUT2D eigenvalue weighted by Crippen LogP contribution is -2.36. The van der Waals surface area contributed by atoms with Gasteiger partial charge in [-0.15, -0.1) is 0 Å². The first kappa shape index (κ1) is 21.4. The highest BCUT2D eigenvalue weighted by Crippen LogP contribution is 2.25. The quantitative estimate of drug-likeness (QED) is 0.562. The van der Waals surface area contributed by atoms with E-state index >= 15 is 0 Å². The molecule has 1 heterocycles. The van der Waals surface area contributed by atoms with Crippen LogP contribution in [0, 0.1) is 5.82 Å².